The Balaban J connectivity index is 1.32. The molecule has 12 nitrogen and oxygen atoms in total. The molecule has 0 bridgehead atoms. The maximum atomic E-state index is 12.8. The highest BCUT2D eigenvalue weighted by atomic mass is 32.2. The summed E-state index contributed by atoms with van der Waals surface area (Å²) in [5.74, 6) is 1.75. The molecular formula is C28H37N7O5S. The molecule has 1 aliphatic rings. The Hall–Kier alpha value is -3.71. The Morgan fingerprint density at radius 2 is 1.93 bits per heavy atom. The molecule has 0 unspecified atom stereocenters. The summed E-state index contributed by atoms with van der Waals surface area (Å²) in [6.45, 7) is 10.2. The summed E-state index contributed by atoms with van der Waals surface area (Å²) in [6.07, 6.45) is 4.22. The van der Waals surface area contributed by atoms with Crippen molar-refractivity contribution < 1.29 is 22.4 Å². The molecule has 0 atom stereocenters. The smallest absolute Gasteiger partial charge is 0.435 e. The van der Waals surface area contributed by atoms with Gasteiger partial charge in [0, 0.05) is 43.0 Å². The number of carbonyl (C=O) groups is 1. The van der Waals surface area contributed by atoms with E-state index in [1.54, 1.807) is 6.26 Å². The molecule has 4 aromatic rings. The lowest BCUT2D eigenvalue weighted by Gasteiger charge is -2.33. The second-order valence-electron chi connectivity index (χ2n) is 11.6. The highest BCUT2D eigenvalue weighted by molar-refractivity contribution is 7.90. The van der Waals surface area contributed by atoms with Gasteiger partial charge in [-0.1, -0.05) is 0 Å². The number of nitrogens with zero attached hydrogens (tertiary/aromatic N) is 5. The van der Waals surface area contributed by atoms with Gasteiger partial charge in [0.2, 0.25) is 5.95 Å². The van der Waals surface area contributed by atoms with Crippen LogP contribution in [0.5, 0.6) is 0 Å². The highest BCUT2D eigenvalue weighted by Crippen LogP contribution is 2.31. The van der Waals surface area contributed by atoms with Crippen molar-refractivity contribution in [2.45, 2.75) is 46.1 Å². The molecule has 1 aromatic carbocycles. The number of aromatic nitrogens is 4. The van der Waals surface area contributed by atoms with Crippen LogP contribution in [0.15, 0.2) is 34.9 Å². The van der Waals surface area contributed by atoms with Crippen molar-refractivity contribution in [1.29, 1.82) is 0 Å². The zero-order valence-corrected chi connectivity index (χ0v) is 24.9. The summed E-state index contributed by atoms with van der Waals surface area (Å²) in [4.78, 5) is 24.5. The SMILES string of the molecule is Cc1nn(C(=O)OC(C)(C)C)c2cc(Nc3nc(N4CCC(CNCCS(C)(=O)=O)CC4)c4occc4n3)ccc12. The lowest BCUT2D eigenvalue weighted by Crippen LogP contribution is -2.38. The van der Waals surface area contributed by atoms with Crippen molar-refractivity contribution in [2.24, 2.45) is 5.92 Å². The van der Waals surface area contributed by atoms with Crippen LogP contribution in [0.1, 0.15) is 39.3 Å². The Morgan fingerprint density at radius 1 is 1.17 bits per heavy atom. The first kappa shape index (κ1) is 28.8. The monoisotopic (exact) mass is 583 g/mol. The van der Waals surface area contributed by atoms with E-state index in [-0.39, 0.29) is 5.75 Å². The van der Waals surface area contributed by atoms with Crippen molar-refractivity contribution in [3.05, 3.63) is 36.2 Å². The van der Waals surface area contributed by atoms with E-state index in [1.165, 1.54) is 10.9 Å². The third kappa shape index (κ3) is 6.96. The molecule has 0 aliphatic carbocycles. The molecule has 1 aliphatic heterocycles. The number of fused-ring (bicyclic) bond motifs is 2. The molecular weight excluding hydrogens is 546 g/mol. The van der Waals surface area contributed by atoms with E-state index in [0.717, 1.165) is 49.4 Å². The Labute approximate surface area is 239 Å². The first-order valence-electron chi connectivity index (χ1n) is 13.7. The minimum Gasteiger partial charge on any atom is -0.459 e. The number of rotatable bonds is 8. The second-order valence-corrected chi connectivity index (χ2v) is 13.9. The minimum absolute atomic E-state index is 0.148. The zero-order chi connectivity index (χ0) is 29.4. The largest absolute Gasteiger partial charge is 0.459 e. The van der Waals surface area contributed by atoms with Crippen LogP contribution in [0.2, 0.25) is 0 Å². The number of aryl methyl sites for hydroxylation is 1. The lowest BCUT2D eigenvalue weighted by atomic mass is 9.97. The highest BCUT2D eigenvalue weighted by Gasteiger charge is 2.25. The maximum absolute atomic E-state index is 12.8. The van der Waals surface area contributed by atoms with Gasteiger partial charge in [0.25, 0.3) is 0 Å². The fraction of sp³-hybridized carbons (Fsp3) is 0.500. The molecule has 1 saturated heterocycles. The summed E-state index contributed by atoms with van der Waals surface area (Å²) < 4.78 is 35.3. The average molecular weight is 584 g/mol. The standard InChI is InChI=1S/C28H37N7O5S/c1-18-21-7-6-20(16-23(21)35(33-18)27(36)40-28(2,3)4)30-26-31-22-10-14-39-24(22)25(32-26)34-12-8-19(9-13-34)17-29-11-15-41(5,37)38/h6-7,10,14,16,19,29H,8-9,11-13,15,17H2,1-5H3,(H,30,31,32). The first-order chi connectivity index (χ1) is 19.4. The van der Waals surface area contributed by atoms with Crippen molar-refractivity contribution >= 4 is 55.4 Å². The van der Waals surface area contributed by atoms with Crippen LogP contribution in [-0.4, -0.2) is 78.0 Å². The molecule has 1 fully saturated rings. The number of hydrogen-bond donors (Lipinski definition) is 2. The zero-order valence-electron chi connectivity index (χ0n) is 24.1. The number of piperidine rings is 1. The van der Waals surface area contributed by atoms with E-state index in [0.29, 0.717) is 40.7 Å². The lowest BCUT2D eigenvalue weighted by molar-refractivity contribution is 0.0522. The third-order valence-electron chi connectivity index (χ3n) is 6.97. The fourth-order valence-electron chi connectivity index (χ4n) is 4.95. The molecule has 0 radical (unpaired) electrons. The van der Waals surface area contributed by atoms with Gasteiger partial charge < -0.3 is 24.7 Å². The van der Waals surface area contributed by atoms with Gasteiger partial charge in [-0.25, -0.2) is 18.2 Å². The van der Waals surface area contributed by atoms with Crippen LogP contribution in [0, 0.1) is 12.8 Å². The molecule has 0 saturated carbocycles. The van der Waals surface area contributed by atoms with Gasteiger partial charge in [-0.2, -0.15) is 14.8 Å². The third-order valence-corrected chi connectivity index (χ3v) is 7.92. The number of benzene rings is 1. The van der Waals surface area contributed by atoms with E-state index >= 15 is 0 Å². The molecule has 0 amide bonds. The number of furan rings is 1. The first-order valence-corrected chi connectivity index (χ1v) is 15.8. The molecule has 5 rings (SSSR count). The van der Waals surface area contributed by atoms with E-state index in [2.05, 4.69) is 25.6 Å². The topological polar surface area (TPSA) is 144 Å². The maximum Gasteiger partial charge on any atom is 0.435 e. The molecule has 220 valence electrons. The van der Waals surface area contributed by atoms with E-state index in [4.69, 9.17) is 14.1 Å². The number of hydrogen-bond acceptors (Lipinski definition) is 11. The van der Waals surface area contributed by atoms with Crippen LogP contribution in [0.4, 0.5) is 22.2 Å². The summed E-state index contributed by atoms with van der Waals surface area (Å²) in [5, 5.41) is 11.8. The average Bonchev–Trinajstić information content (AvgIpc) is 3.49. The van der Waals surface area contributed by atoms with Gasteiger partial charge in [-0.15, -0.1) is 0 Å². The Bertz CT molecular complexity index is 1660. The van der Waals surface area contributed by atoms with Gasteiger partial charge in [0.1, 0.15) is 21.0 Å². The number of nitrogens with one attached hydrogen (secondary N) is 2. The van der Waals surface area contributed by atoms with E-state index in [1.807, 2.05) is 52.0 Å². The number of ether oxygens (including phenoxy) is 1. The molecule has 13 heteroatoms. The number of sulfone groups is 1. The summed E-state index contributed by atoms with van der Waals surface area (Å²) in [7, 11) is -2.96. The van der Waals surface area contributed by atoms with Crippen molar-refractivity contribution in [1.82, 2.24) is 25.1 Å². The van der Waals surface area contributed by atoms with Crippen molar-refractivity contribution in [3.63, 3.8) is 0 Å². The summed E-state index contributed by atoms with van der Waals surface area (Å²) in [6, 6.07) is 7.46. The van der Waals surface area contributed by atoms with E-state index < -0.39 is 21.5 Å². The fourth-order valence-corrected chi connectivity index (χ4v) is 5.47. The van der Waals surface area contributed by atoms with Gasteiger partial charge in [0.05, 0.1) is 23.2 Å². The minimum atomic E-state index is -2.96. The summed E-state index contributed by atoms with van der Waals surface area (Å²) >= 11 is 0. The molecule has 3 aromatic heterocycles. The van der Waals surface area contributed by atoms with Crippen LogP contribution < -0.4 is 15.5 Å². The molecule has 41 heavy (non-hydrogen) atoms. The summed E-state index contributed by atoms with van der Waals surface area (Å²) in [5.41, 5.74) is 2.73. The van der Waals surface area contributed by atoms with Crippen molar-refractivity contribution in [3.8, 4) is 0 Å². The van der Waals surface area contributed by atoms with Crippen LogP contribution in [-0.2, 0) is 14.6 Å². The number of carbonyl (C=O) groups excluding carboxylic acids is 1. The van der Waals surface area contributed by atoms with Gasteiger partial charge in [0.15, 0.2) is 11.4 Å². The normalized spacial score (nSPS) is 15.1. The predicted molar refractivity (Wildman–Crippen MR) is 159 cm³/mol. The van der Waals surface area contributed by atoms with Gasteiger partial charge in [-0.05, 0) is 71.2 Å². The van der Waals surface area contributed by atoms with E-state index in [9.17, 15) is 13.2 Å². The number of anilines is 3. The van der Waals surface area contributed by atoms with Crippen molar-refractivity contribution in [2.75, 3.05) is 48.4 Å². The molecule has 2 N–H and O–H groups in total. The van der Waals surface area contributed by atoms with Gasteiger partial charge >= 0.3 is 6.09 Å². The van der Waals surface area contributed by atoms with Crippen LogP contribution in [0.3, 0.4) is 0 Å². The van der Waals surface area contributed by atoms with Crippen LogP contribution in [0.25, 0.3) is 22.0 Å². The van der Waals surface area contributed by atoms with Gasteiger partial charge in [-0.3, -0.25) is 0 Å². The quantitative estimate of drug-likeness (QED) is 0.287. The predicted octanol–water partition coefficient (Wildman–Crippen LogP) is 4.26. The molecule has 0 spiro atoms. The second kappa shape index (κ2) is 11.3. The Morgan fingerprint density at radius 3 is 2.63 bits per heavy atom. The molecule has 4 heterocycles. The Kier molecular flexibility index (Phi) is 7.93. The van der Waals surface area contributed by atoms with Crippen LogP contribution >= 0.6 is 0 Å².